The van der Waals surface area contributed by atoms with E-state index in [1.165, 1.54) is 0 Å². The number of urea groups is 1. The second-order valence-electron chi connectivity index (χ2n) is 4.87. The van der Waals surface area contributed by atoms with E-state index in [2.05, 4.69) is 10.6 Å². The molecule has 0 saturated carbocycles. The first-order valence-corrected chi connectivity index (χ1v) is 6.08. The lowest BCUT2D eigenvalue weighted by atomic mass is 10.2. The van der Waals surface area contributed by atoms with Gasteiger partial charge in [0.1, 0.15) is 5.60 Å². The van der Waals surface area contributed by atoms with Crippen molar-refractivity contribution in [2.45, 2.75) is 52.6 Å². The number of carbonyl (C=O) groups is 2. The van der Waals surface area contributed by atoms with Crippen molar-refractivity contribution in [1.29, 1.82) is 0 Å². The van der Waals surface area contributed by atoms with Gasteiger partial charge in [-0.2, -0.15) is 0 Å². The molecule has 0 aliphatic carbocycles. The predicted molar refractivity (Wildman–Crippen MR) is 66.8 cm³/mol. The highest BCUT2D eigenvalue weighted by atomic mass is 16.6. The minimum absolute atomic E-state index is 0.184. The normalized spacial score (nSPS) is 10.8. The number of hydrogen-bond acceptors (Lipinski definition) is 3. The van der Waals surface area contributed by atoms with Crippen LogP contribution in [0.2, 0.25) is 0 Å². The molecule has 0 heterocycles. The van der Waals surface area contributed by atoms with Crippen molar-refractivity contribution in [2.24, 2.45) is 0 Å². The minimum atomic E-state index is -0.441. The van der Waals surface area contributed by atoms with Crippen molar-refractivity contribution in [1.82, 2.24) is 10.6 Å². The summed E-state index contributed by atoms with van der Waals surface area (Å²) in [5, 5.41) is 5.37. The molecule has 17 heavy (non-hydrogen) atoms. The Morgan fingerprint density at radius 2 is 1.71 bits per heavy atom. The highest BCUT2D eigenvalue weighted by Crippen LogP contribution is 2.08. The lowest BCUT2D eigenvalue weighted by Crippen LogP contribution is -2.36. The van der Waals surface area contributed by atoms with Crippen LogP contribution in [0.1, 0.15) is 47.0 Å². The van der Waals surface area contributed by atoms with Gasteiger partial charge in [-0.3, -0.25) is 4.79 Å². The van der Waals surface area contributed by atoms with Gasteiger partial charge in [0.2, 0.25) is 0 Å². The molecule has 5 heteroatoms. The van der Waals surface area contributed by atoms with Crippen molar-refractivity contribution >= 4 is 12.0 Å². The molecule has 0 aromatic heterocycles. The maximum atomic E-state index is 11.3. The Bertz CT molecular complexity index is 247. The monoisotopic (exact) mass is 244 g/mol. The molecule has 5 nitrogen and oxygen atoms in total. The Hall–Kier alpha value is -1.26. The van der Waals surface area contributed by atoms with Crippen LogP contribution in [0.15, 0.2) is 0 Å². The molecule has 0 rings (SSSR count). The fraction of sp³-hybridized carbons (Fsp3) is 0.833. The third kappa shape index (κ3) is 11.0. The summed E-state index contributed by atoms with van der Waals surface area (Å²) in [7, 11) is 0. The van der Waals surface area contributed by atoms with Gasteiger partial charge in [0, 0.05) is 19.5 Å². The first-order chi connectivity index (χ1) is 7.85. The maximum Gasteiger partial charge on any atom is 0.314 e. The lowest BCUT2D eigenvalue weighted by Gasteiger charge is -2.19. The molecular formula is C12H24N2O3. The summed E-state index contributed by atoms with van der Waals surface area (Å²) in [4.78, 5) is 22.5. The first-order valence-electron chi connectivity index (χ1n) is 6.08. The third-order valence-corrected chi connectivity index (χ3v) is 1.80. The van der Waals surface area contributed by atoms with Crippen LogP contribution in [0, 0.1) is 0 Å². The van der Waals surface area contributed by atoms with E-state index in [4.69, 9.17) is 4.74 Å². The average molecular weight is 244 g/mol. The Morgan fingerprint density at radius 3 is 2.24 bits per heavy atom. The van der Waals surface area contributed by atoms with Gasteiger partial charge >= 0.3 is 12.0 Å². The molecule has 0 unspecified atom stereocenters. The van der Waals surface area contributed by atoms with Gasteiger partial charge in [0.05, 0.1) is 0 Å². The number of amides is 2. The van der Waals surface area contributed by atoms with E-state index in [1.807, 2.05) is 27.7 Å². The van der Waals surface area contributed by atoms with Crippen LogP contribution in [-0.2, 0) is 9.53 Å². The summed E-state index contributed by atoms with van der Waals surface area (Å²) in [5.41, 5.74) is -0.441. The third-order valence-electron chi connectivity index (χ3n) is 1.80. The lowest BCUT2D eigenvalue weighted by molar-refractivity contribution is -0.154. The van der Waals surface area contributed by atoms with Crippen LogP contribution >= 0.6 is 0 Å². The topological polar surface area (TPSA) is 67.4 Å². The molecule has 0 saturated heterocycles. The molecule has 0 aromatic carbocycles. The zero-order chi connectivity index (χ0) is 13.3. The van der Waals surface area contributed by atoms with E-state index in [0.29, 0.717) is 25.9 Å². The molecule has 2 N–H and O–H groups in total. The van der Waals surface area contributed by atoms with Gasteiger partial charge in [0.15, 0.2) is 0 Å². The van der Waals surface area contributed by atoms with Crippen molar-refractivity contribution < 1.29 is 14.3 Å². The zero-order valence-electron chi connectivity index (χ0n) is 11.3. The Labute approximate surface area is 103 Å². The van der Waals surface area contributed by atoms with Crippen LogP contribution < -0.4 is 10.6 Å². The van der Waals surface area contributed by atoms with Crippen molar-refractivity contribution in [3.8, 4) is 0 Å². The van der Waals surface area contributed by atoms with Crippen LogP contribution in [0.4, 0.5) is 4.79 Å². The van der Waals surface area contributed by atoms with E-state index >= 15 is 0 Å². The maximum absolute atomic E-state index is 11.3. The molecule has 0 atom stereocenters. The molecule has 0 radical (unpaired) electrons. The molecule has 0 aliphatic heterocycles. The van der Waals surface area contributed by atoms with E-state index in [0.717, 1.165) is 6.42 Å². The smallest absolute Gasteiger partial charge is 0.314 e. The summed E-state index contributed by atoms with van der Waals surface area (Å²) in [6.07, 6.45) is 1.82. The van der Waals surface area contributed by atoms with Gasteiger partial charge in [-0.15, -0.1) is 0 Å². The summed E-state index contributed by atoms with van der Waals surface area (Å²) >= 11 is 0. The van der Waals surface area contributed by atoms with Crippen LogP contribution in [-0.4, -0.2) is 30.7 Å². The van der Waals surface area contributed by atoms with Crippen molar-refractivity contribution in [3.63, 3.8) is 0 Å². The van der Waals surface area contributed by atoms with E-state index in [1.54, 1.807) is 0 Å². The second kappa shape index (κ2) is 7.92. The molecule has 0 aromatic rings. The summed E-state index contributed by atoms with van der Waals surface area (Å²) in [6, 6.07) is -0.184. The van der Waals surface area contributed by atoms with Gasteiger partial charge in [-0.25, -0.2) is 4.79 Å². The molecule has 0 spiro atoms. The predicted octanol–water partition coefficient (Wildman–Crippen LogP) is 1.82. The second-order valence-corrected chi connectivity index (χ2v) is 4.87. The minimum Gasteiger partial charge on any atom is -0.460 e. The van der Waals surface area contributed by atoms with E-state index < -0.39 is 5.60 Å². The van der Waals surface area contributed by atoms with Crippen molar-refractivity contribution in [3.05, 3.63) is 0 Å². The zero-order valence-corrected chi connectivity index (χ0v) is 11.3. The van der Waals surface area contributed by atoms with Crippen LogP contribution in [0.25, 0.3) is 0 Å². The number of rotatable bonds is 6. The van der Waals surface area contributed by atoms with Gasteiger partial charge in [0.25, 0.3) is 0 Å². The standard InChI is InChI=1S/C12H24N2O3/c1-5-8-13-11(16)14-9-6-7-10(15)17-12(2,3)4/h5-9H2,1-4H3,(H2,13,14,16). The largest absolute Gasteiger partial charge is 0.460 e. The summed E-state index contributed by atoms with van der Waals surface area (Å²) < 4.78 is 5.14. The van der Waals surface area contributed by atoms with Crippen LogP contribution in [0.5, 0.6) is 0 Å². The summed E-state index contributed by atoms with van der Waals surface area (Å²) in [6.45, 7) is 8.64. The fourth-order valence-electron chi connectivity index (χ4n) is 1.13. The molecule has 0 aliphatic rings. The van der Waals surface area contributed by atoms with Gasteiger partial charge in [-0.1, -0.05) is 6.92 Å². The Morgan fingerprint density at radius 1 is 1.12 bits per heavy atom. The van der Waals surface area contributed by atoms with E-state index in [9.17, 15) is 9.59 Å². The average Bonchev–Trinajstić information content (AvgIpc) is 2.19. The summed E-state index contributed by atoms with van der Waals surface area (Å²) in [5.74, 6) is -0.228. The molecule has 2 amide bonds. The number of carbonyl (C=O) groups excluding carboxylic acids is 2. The first kappa shape index (κ1) is 15.7. The Balaban J connectivity index is 3.51. The number of nitrogens with one attached hydrogen (secondary N) is 2. The molecular weight excluding hydrogens is 220 g/mol. The van der Waals surface area contributed by atoms with Crippen LogP contribution in [0.3, 0.4) is 0 Å². The Kier molecular flexibility index (Phi) is 7.34. The number of hydrogen-bond donors (Lipinski definition) is 2. The quantitative estimate of drug-likeness (QED) is 0.553. The van der Waals surface area contributed by atoms with Gasteiger partial charge < -0.3 is 15.4 Å². The fourth-order valence-corrected chi connectivity index (χ4v) is 1.13. The highest BCUT2D eigenvalue weighted by Gasteiger charge is 2.15. The van der Waals surface area contributed by atoms with Gasteiger partial charge in [-0.05, 0) is 33.6 Å². The molecule has 100 valence electrons. The van der Waals surface area contributed by atoms with E-state index in [-0.39, 0.29) is 12.0 Å². The number of esters is 1. The SMILES string of the molecule is CCCNC(=O)NCCCC(=O)OC(C)(C)C. The van der Waals surface area contributed by atoms with Crippen molar-refractivity contribution in [2.75, 3.05) is 13.1 Å². The molecule has 0 fully saturated rings. The highest BCUT2D eigenvalue weighted by molar-refractivity contribution is 5.74. The molecule has 0 bridgehead atoms. The number of ether oxygens (including phenoxy) is 1.